The molecule has 2 aromatic rings. The van der Waals surface area contributed by atoms with E-state index in [-0.39, 0.29) is 0 Å². The lowest BCUT2D eigenvalue weighted by molar-refractivity contribution is 0.326. The molecular weight excluding hydrogens is 330 g/mol. The molecule has 1 atom stereocenters. The Bertz CT molecular complexity index is 561. The van der Waals surface area contributed by atoms with Crippen molar-refractivity contribution in [1.29, 1.82) is 0 Å². The zero-order chi connectivity index (χ0) is 14.5. The van der Waals surface area contributed by atoms with Gasteiger partial charge in [-0.25, -0.2) is 0 Å². The van der Waals surface area contributed by atoms with Crippen LogP contribution in [0.1, 0.15) is 36.5 Å². The van der Waals surface area contributed by atoms with Crippen molar-refractivity contribution >= 4 is 15.9 Å². The molecule has 4 nitrogen and oxygen atoms in total. The van der Waals surface area contributed by atoms with Crippen molar-refractivity contribution in [3.05, 3.63) is 46.0 Å². The fourth-order valence-electron chi connectivity index (χ4n) is 2.75. The molecule has 3 rings (SSSR count). The fraction of sp³-hybridized carbons (Fsp3) is 0.500. The minimum atomic E-state index is 0.724. The molecule has 0 radical (unpaired) electrons. The molecule has 21 heavy (non-hydrogen) atoms. The Morgan fingerprint density at radius 2 is 2.14 bits per heavy atom. The SMILES string of the molecule is Brc1ccc(Cc2noc(CCC3CCCNC3)n2)cc1. The Kier molecular flexibility index (Phi) is 5.04. The molecule has 0 saturated carbocycles. The van der Waals surface area contributed by atoms with Gasteiger partial charge >= 0.3 is 0 Å². The van der Waals surface area contributed by atoms with Gasteiger partial charge < -0.3 is 9.84 Å². The van der Waals surface area contributed by atoms with Gasteiger partial charge in [0.1, 0.15) is 0 Å². The van der Waals surface area contributed by atoms with Crippen LogP contribution in [-0.4, -0.2) is 23.2 Å². The molecule has 0 bridgehead atoms. The summed E-state index contributed by atoms with van der Waals surface area (Å²) in [5.41, 5.74) is 1.20. The van der Waals surface area contributed by atoms with E-state index in [4.69, 9.17) is 4.52 Å². The van der Waals surface area contributed by atoms with E-state index in [1.54, 1.807) is 0 Å². The van der Waals surface area contributed by atoms with Gasteiger partial charge in [-0.2, -0.15) is 4.98 Å². The van der Waals surface area contributed by atoms with E-state index in [9.17, 15) is 0 Å². The number of benzene rings is 1. The van der Waals surface area contributed by atoms with Gasteiger partial charge in [0, 0.05) is 17.3 Å². The van der Waals surface area contributed by atoms with E-state index < -0.39 is 0 Å². The number of aryl methyl sites for hydroxylation is 1. The highest BCUT2D eigenvalue weighted by Crippen LogP contribution is 2.17. The molecule has 1 unspecified atom stereocenters. The molecule has 2 heterocycles. The number of hydrogen-bond donors (Lipinski definition) is 1. The van der Waals surface area contributed by atoms with E-state index in [1.807, 2.05) is 12.1 Å². The fourth-order valence-corrected chi connectivity index (χ4v) is 3.01. The van der Waals surface area contributed by atoms with Gasteiger partial charge in [-0.1, -0.05) is 33.2 Å². The first-order valence-electron chi connectivity index (χ1n) is 7.56. The van der Waals surface area contributed by atoms with Crippen molar-refractivity contribution in [1.82, 2.24) is 15.5 Å². The van der Waals surface area contributed by atoms with Gasteiger partial charge in [0.25, 0.3) is 0 Å². The van der Waals surface area contributed by atoms with Gasteiger partial charge in [0.2, 0.25) is 5.89 Å². The van der Waals surface area contributed by atoms with Crippen molar-refractivity contribution in [2.45, 2.75) is 32.1 Å². The molecule has 0 spiro atoms. The third kappa shape index (κ3) is 4.38. The first-order valence-corrected chi connectivity index (χ1v) is 8.35. The zero-order valence-corrected chi connectivity index (χ0v) is 13.6. The second kappa shape index (κ2) is 7.18. The smallest absolute Gasteiger partial charge is 0.226 e. The van der Waals surface area contributed by atoms with Gasteiger partial charge in [0.15, 0.2) is 5.82 Å². The van der Waals surface area contributed by atoms with Gasteiger partial charge in [-0.05, 0) is 56.0 Å². The lowest BCUT2D eigenvalue weighted by Gasteiger charge is -2.21. The number of nitrogens with one attached hydrogen (secondary N) is 1. The summed E-state index contributed by atoms with van der Waals surface area (Å²) >= 11 is 3.44. The number of rotatable bonds is 5. The molecule has 0 aliphatic carbocycles. The highest BCUT2D eigenvalue weighted by Gasteiger charge is 2.15. The van der Waals surface area contributed by atoms with E-state index in [0.717, 1.165) is 54.5 Å². The summed E-state index contributed by atoms with van der Waals surface area (Å²) in [6.07, 6.45) is 5.34. The molecule has 1 saturated heterocycles. The molecule has 1 N–H and O–H groups in total. The summed E-state index contributed by atoms with van der Waals surface area (Å²) in [4.78, 5) is 4.50. The van der Waals surface area contributed by atoms with Crippen LogP contribution in [0.5, 0.6) is 0 Å². The van der Waals surface area contributed by atoms with E-state index in [0.29, 0.717) is 0 Å². The maximum atomic E-state index is 5.36. The second-order valence-electron chi connectivity index (χ2n) is 5.66. The van der Waals surface area contributed by atoms with Crippen LogP contribution in [0.3, 0.4) is 0 Å². The van der Waals surface area contributed by atoms with Crippen LogP contribution < -0.4 is 5.32 Å². The van der Waals surface area contributed by atoms with E-state index in [1.165, 1.54) is 18.4 Å². The summed E-state index contributed by atoms with van der Waals surface area (Å²) in [5.74, 6) is 2.29. The van der Waals surface area contributed by atoms with Gasteiger partial charge in [-0.3, -0.25) is 0 Å². The number of halogens is 1. The third-order valence-corrected chi connectivity index (χ3v) is 4.48. The molecule has 1 aliphatic heterocycles. The summed E-state index contributed by atoms with van der Waals surface area (Å²) in [6.45, 7) is 2.29. The quantitative estimate of drug-likeness (QED) is 0.899. The van der Waals surface area contributed by atoms with Gasteiger partial charge in [0.05, 0.1) is 0 Å². The highest BCUT2D eigenvalue weighted by atomic mass is 79.9. The van der Waals surface area contributed by atoms with Crippen molar-refractivity contribution < 1.29 is 4.52 Å². The lowest BCUT2D eigenvalue weighted by atomic mass is 9.95. The van der Waals surface area contributed by atoms with Crippen LogP contribution in [0, 0.1) is 5.92 Å². The normalized spacial score (nSPS) is 18.8. The Morgan fingerprint density at radius 1 is 1.29 bits per heavy atom. The van der Waals surface area contributed by atoms with Crippen LogP contribution in [0.15, 0.2) is 33.3 Å². The topological polar surface area (TPSA) is 51.0 Å². The zero-order valence-electron chi connectivity index (χ0n) is 12.0. The summed E-state index contributed by atoms with van der Waals surface area (Å²) in [5, 5.41) is 7.53. The standard InChI is InChI=1S/C16H20BrN3O/c17-14-6-3-12(4-7-14)10-15-19-16(21-20-15)8-5-13-2-1-9-18-11-13/h3-4,6-7,13,18H,1-2,5,8-11H2. The first-order chi connectivity index (χ1) is 10.3. The van der Waals surface area contributed by atoms with E-state index >= 15 is 0 Å². The van der Waals surface area contributed by atoms with Crippen molar-refractivity contribution in [2.75, 3.05) is 13.1 Å². The number of nitrogens with zero attached hydrogens (tertiary/aromatic N) is 2. The predicted octanol–water partition coefficient (Wildman–Crippen LogP) is 3.36. The summed E-state index contributed by atoms with van der Waals surface area (Å²) < 4.78 is 6.45. The third-order valence-electron chi connectivity index (χ3n) is 3.95. The Balaban J connectivity index is 1.52. The molecule has 1 aliphatic rings. The van der Waals surface area contributed by atoms with Crippen molar-refractivity contribution in [2.24, 2.45) is 5.92 Å². The molecule has 0 amide bonds. The van der Waals surface area contributed by atoms with E-state index in [2.05, 4.69) is 43.5 Å². The van der Waals surface area contributed by atoms with Crippen molar-refractivity contribution in [3.8, 4) is 0 Å². The largest absolute Gasteiger partial charge is 0.339 e. The molecule has 5 heteroatoms. The Hall–Kier alpha value is -1.20. The molecule has 1 aromatic heterocycles. The average Bonchev–Trinajstić information content (AvgIpc) is 2.96. The Morgan fingerprint density at radius 3 is 2.90 bits per heavy atom. The Labute approximate surface area is 133 Å². The van der Waals surface area contributed by atoms with Crippen LogP contribution in [0.25, 0.3) is 0 Å². The van der Waals surface area contributed by atoms with Crippen molar-refractivity contribution in [3.63, 3.8) is 0 Å². The first kappa shape index (κ1) is 14.7. The summed E-state index contributed by atoms with van der Waals surface area (Å²) in [6, 6.07) is 8.22. The molecule has 112 valence electrons. The summed E-state index contributed by atoms with van der Waals surface area (Å²) in [7, 11) is 0. The minimum Gasteiger partial charge on any atom is -0.339 e. The lowest BCUT2D eigenvalue weighted by Crippen LogP contribution is -2.29. The van der Waals surface area contributed by atoms with Crippen LogP contribution in [0.4, 0.5) is 0 Å². The van der Waals surface area contributed by atoms with Crippen LogP contribution in [-0.2, 0) is 12.8 Å². The maximum Gasteiger partial charge on any atom is 0.226 e. The van der Waals surface area contributed by atoms with Crippen LogP contribution in [0.2, 0.25) is 0 Å². The highest BCUT2D eigenvalue weighted by molar-refractivity contribution is 9.10. The predicted molar refractivity (Wildman–Crippen MR) is 85.2 cm³/mol. The molecular formula is C16H20BrN3O. The number of aromatic nitrogens is 2. The number of piperidine rings is 1. The van der Waals surface area contributed by atoms with Gasteiger partial charge in [-0.15, -0.1) is 0 Å². The maximum absolute atomic E-state index is 5.36. The number of hydrogen-bond acceptors (Lipinski definition) is 4. The molecule has 1 fully saturated rings. The monoisotopic (exact) mass is 349 g/mol. The molecule has 1 aromatic carbocycles. The van der Waals surface area contributed by atoms with Crippen LogP contribution >= 0.6 is 15.9 Å². The minimum absolute atomic E-state index is 0.724. The second-order valence-corrected chi connectivity index (χ2v) is 6.57. The average molecular weight is 350 g/mol.